The molecule has 0 bridgehead atoms. The van der Waals surface area contributed by atoms with E-state index < -0.39 is 4.75 Å². The van der Waals surface area contributed by atoms with Gasteiger partial charge < -0.3 is 5.73 Å². The van der Waals surface area contributed by atoms with Gasteiger partial charge in [-0.3, -0.25) is 14.5 Å². The first-order valence-electron chi connectivity index (χ1n) is 3.74. The Morgan fingerprint density at radius 2 is 2.08 bits per heavy atom. The van der Waals surface area contributed by atoms with E-state index in [0.29, 0.717) is 13.1 Å². The fourth-order valence-corrected chi connectivity index (χ4v) is 1.97. The minimum atomic E-state index is -0.605. The maximum atomic E-state index is 11.5. The quantitative estimate of drug-likeness (QED) is 0.682. The van der Waals surface area contributed by atoms with Crippen LogP contribution in [0.1, 0.15) is 13.8 Å². The maximum absolute atomic E-state index is 11.5. The van der Waals surface area contributed by atoms with Crippen molar-refractivity contribution in [1.29, 1.82) is 0 Å². The monoisotopic (exact) mass is 188 g/mol. The van der Waals surface area contributed by atoms with Crippen molar-refractivity contribution in [3.8, 4) is 0 Å². The van der Waals surface area contributed by atoms with E-state index >= 15 is 0 Å². The fourth-order valence-electron chi connectivity index (χ4n) is 1.05. The molecule has 0 aromatic rings. The molecule has 2 amide bonds. The molecule has 0 saturated carbocycles. The molecule has 1 heterocycles. The average Bonchev–Trinajstić information content (AvgIpc) is 2.13. The maximum Gasteiger partial charge on any atom is 0.289 e. The summed E-state index contributed by atoms with van der Waals surface area (Å²) in [5.74, 6) is -0.136. The smallest absolute Gasteiger partial charge is 0.289 e. The fraction of sp³-hybridized carbons (Fsp3) is 0.714. The van der Waals surface area contributed by atoms with Gasteiger partial charge in [0, 0.05) is 13.1 Å². The largest absolute Gasteiger partial charge is 0.329 e. The summed E-state index contributed by atoms with van der Waals surface area (Å²) in [5.41, 5.74) is 5.27. The molecule has 1 aliphatic heterocycles. The summed E-state index contributed by atoms with van der Waals surface area (Å²) in [6.45, 7) is 4.14. The molecule has 0 aromatic carbocycles. The molecule has 1 fully saturated rings. The Hall–Kier alpha value is -0.550. The van der Waals surface area contributed by atoms with Crippen LogP contribution >= 0.6 is 11.8 Å². The zero-order valence-corrected chi connectivity index (χ0v) is 7.98. The molecule has 4 nitrogen and oxygen atoms in total. The first kappa shape index (κ1) is 9.54. The summed E-state index contributed by atoms with van der Waals surface area (Å²) in [7, 11) is 0. The highest BCUT2D eigenvalue weighted by molar-refractivity contribution is 8.16. The molecule has 1 aliphatic rings. The van der Waals surface area contributed by atoms with E-state index in [-0.39, 0.29) is 11.1 Å². The Balaban J connectivity index is 2.78. The molecule has 68 valence electrons. The van der Waals surface area contributed by atoms with Gasteiger partial charge in [0.05, 0.1) is 4.75 Å². The number of rotatable bonds is 2. The van der Waals surface area contributed by atoms with Crippen molar-refractivity contribution in [2.45, 2.75) is 18.6 Å². The zero-order valence-electron chi connectivity index (χ0n) is 7.16. The Morgan fingerprint density at radius 3 is 2.42 bits per heavy atom. The summed E-state index contributed by atoms with van der Waals surface area (Å²) in [6, 6.07) is 0. The van der Waals surface area contributed by atoms with Crippen LogP contribution in [0.2, 0.25) is 0 Å². The summed E-state index contributed by atoms with van der Waals surface area (Å²) in [6.07, 6.45) is 0. The van der Waals surface area contributed by atoms with Crippen molar-refractivity contribution in [2.75, 3.05) is 13.1 Å². The van der Waals surface area contributed by atoms with Gasteiger partial charge in [-0.05, 0) is 25.6 Å². The second-order valence-corrected chi connectivity index (χ2v) is 4.70. The molecule has 5 heteroatoms. The van der Waals surface area contributed by atoms with Gasteiger partial charge in [0.2, 0.25) is 5.91 Å². The molecule has 1 rings (SSSR count). The van der Waals surface area contributed by atoms with Gasteiger partial charge in [0.25, 0.3) is 5.24 Å². The first-order chi connectivity index (χ1) is 5.49. The number of hydrogen-bond acceptors (Lipinski definition) is 4. The van der Waals surface area contributed by atoms with Crippen LogP contribution < -0.4 is 5.73 Å². The minimum Gasteiger partial charge on any atom is -0.329 e. The van der Waals surface area contributed by atoms with Crippen molar-refractivity contribution >= 4 is 22.9 Å². The van der Waals surface area contributed by atoms with Crippen molar-refractivity contribution in [2.24, 2.45) is 5.73 Å². The van der Waals surface area contributed by atoms with E-state index in [9.17, 15) is 9.59 Å². The third kappa shape index (κ3) is 1.47. The second-order valence-electron chi connectivity index (χ2n) is 3.12. The summed E-state index contributed by atoms with van der Waals surface area (Å²) >= 11 is 1.06. The summed E-state index contributed by atoms with van der Waals surface area (Å²) in [5, 5.41) is -0.185. The molecule has 0 spiro atoms. The van der Waals surface area contributed by atoms with Crippen molar-refractivity contribution < 1.29 is 9.59 Å². The van der Waals surface area contributed by atoms with Gasteiger partial charge in [-0.1, -0.05) is 0 Å². The molecule has 2 N–H and O–H groups in total. The van der Waals surface area contributed by atoms with Gasteiger partial charge >= 0.3 is 0 Å². The normalized spacial score (nSPS) is 22.1. The number of nitrogens with two attached hydrogens (primary N) is 1. The predicted octanol–water partition coefficient (Wildman–Crippen LogP) is 0.419. The highest BCUT2D eigenvalue weighted by Crippen LogP contribution is 2.35. The SMILES string of the molecule is CC1(C)SC(=O)N(CCN)C1=O. The minimum absolute atomic E-state index is 0.136. The van der Waals surface area contributed by atoms with Crippen molar-refractivity contribution in [3.05, 3.63) is 0 Å². The Bertz CT molecular complexity index is 227. The van der Waals surface area contributed by atoms with E-state index in [1.165, 1.54) is 4.90 Å². The number of carbonyl (C=O) groups excluding carboxylic acids is 2. The summed E-state index contributed by atoms with van der Waals surface area (Å²) < 4.78 is -0.605. The molecule has 12 heavy (non-hydrogen) atoms. The number of amides is 2. The number of nitrogens with zero attached hydrogens (tertiary/aromatic N) is 1. The number of imide groups is 1. The van der Waals surface area contributed by atoms with Crippen LogP contribution in [0.4, 0.5) is 4.79 Å². The third-order valence-electron chi connectivity index (χ3n) is 1.68. The lowest BCUT2D eigenvalue weighted by Crippen LogP contribution is -2.38. The molecule has 1 saturated heterocycles. The van der Waals surface area contributed by atoms with Crippen LogP contribution in [-0.2, 0) is 4.79 Å². The van der Waals surface area contributed by atoms with Gasteiger partial charge in [0.1, 0.15) is 0 Å². The van der Waals surface area contributed by atoms with Crippen LogP contribution in [-0.4, -0.2) is 33.9 Å². The Kier molecular flexibility index (Phi) is 2.44. The molecule has 0 atom stereocenters. The van der Waals surface area contributed by atoms with E-state index in [2.05, 4.69) is 0 Å². The van der Waals surface area contributed by atoms with Crippen LogP contribution in [0.15, 0.2) is 0 Å². The lowest BCUT2D eigenvalue weighted by Gasteiger charge is -2.14. The highest BCUT2D eigenvalue weighted by Gasteiger charge is 2.45. The van der Waals surface area contributed by atoms with E-state index in [1.807, 2.05) is 0 Å². The topological polar surface area (TPSA) is 63.4 Å². The molecule has 0 unspecified atom stereocenters. The van der Waals surface area contributed by atoms with Gasteiger partial charge in [-0.25, -0.2) is 0 Å². The number of hydrogen-bond donors (Lipinski definition) is 1. The first-order valence-corrected chi connectivity index (χ1v) is 4.55. The number of thioether (sulfide) groups is 1. The Labute approximate surface area is 75.5 Å². The van der Waals surface area contributed by atoms with Gasteiger partial charge in [0.15, 0.2) is 0 Å². The van der Waals surface area contributed by atoms with Gasteiger partial charge in [-0.2, -0.15) is 0 Å². The zero-order chi connectivity index (χ0) is 9.35. The molecular weight excluding hydrogens is 176 g/mol. The lowest BCUT2D eigenvalue weighted by atomic mass is 10.2. The highest BCUT2D eigenvalue weighted by atomic mass is 32.2. The lowest BCUT2D eigenvalue weighted by molar-refractivity contribution is -0.128. The molecule has 0 aliphatic carbocycles. The van der Waals surface area contributed by atoms with Crippen molar-refractivity contribution in [1.82, 2.24) is 4.90 Å². The molecule has 0 aromatic heterocycles. The van der Waals surface area contributed by atoms with E-state index in [1.54, 1.807) is 13.8 Å². The summed E-state index contributed by atoms with van der Waals surface area (Å²) in [4.78, 5) is 23.9. The average molecular weight is 188 g/mol. The van der Waals surface area contributed by atoms with E-state index in [0.717, 1.165) is 11.8 Å². The predicted molar refractivity (Wildman–Crippen MR) is 47.8 cm³/mol. The van der Waals surface area contributed by atoms with Gasteiger partial charge in [-0.15, -0.1) is 0 Å². The standard InChI is InChI=1S/C7H12N2O2S/c1-7(2)5(10)9(4-3-8)6(11)12-7/h3-4,8H2,1-2H3. The van der Waals surface area contributed by atoms with Crippen LogP contribution in [0.3, 0.4) is 0 Å². The van der Waals surface area contributed by atoms with Crippen LogP contribution in [0.25, 0.3) is 0 Å². The van der Waals surface area contributed by atoms with Crippen LogP contribution in [0.5, 0.6) is 0 Å². The van der Waals surface area contributed by atoms with Crippen molar-refractivity contribution in [3.63, 3.8) is 0 Å². The third-order valence-corrected chi connectivity index (χ3v) is 2.76. The number of carbonyl (C=O) groups is 2. The second kappa shape index (κ2) is 3.06. The molecule has 0 radical (unpaired) electrons. The van der Waals surface area contributed by atoms with E-state index in [4.69, 9.17) is 5.73 Å². The molecular formula is C7H12N2O2S. The van der Waals surface area contributed by atoms with Crippen LogP contribution in [0, 0.1) is 0 Å². The Morgan fingerprint density at radius 1 is 1.50 bits per heavy atom.